The maximum Gasteiger partial charge on any atom is 0.261 e. The van der Waals surface area contributed by atoms with Gasteiger partial charge in [-0.1, -0.05) is 19.4 Å². The lowest BCUT2D eigenvalue weighted by Gasteiger charge is -2.12. The number of amides is 3. The van der Waals surface area contributed by atoms with Gasteiger partial charge in [-0.3, -0.25) is 19.3 Å². The molecule has 2 aromatic carbocycles. The number of carbonyl (C=O) groups excluding carboxylic acids is 3. The monoisotopic (exact) mass is 352 g/mol. The number of hydrogen-bond donors (Lipinski definition) is 2. The topological polar surface area (TPSA) is 86.7 Å². The van der Waals surface area contributed by atoms with Crippen molar-refractivity contribution in [1.29, 1.82) is 0 Å². The zero-order chi connectivity index (χ0) is 18.8. The molecule has 1 heterocycles. The molecule has 3 amide bonds. The summed E-state index contributed by atoms with van der Waals surface area (Å²) in [6.07, 6.45) is 1.62. The highest BCUT2D eigenvalue weighted by Crippen LogP contribution is 2.27. The molecule has 134 valence electrons. The van der Waals surface area contributed by atoms with Crippen molar-refractivity contribution in [3.63, 3.8) is 0 Å². The number of carbonyl (C=O) groups is 3. The molecule has 0 aliphatic carbocycles. The van der Waals surface area contributed by atoms with Crippen LogP contribution in [0.2, 0.25) is 0 Å². The fourth-order valence-corrected chi connectivity index (χ4v) is 2.89. The van der Waals surface area contributed by atoms with Crippen molar-refractivity contribution in [2.45, 2.75) is 26.7 Å². The summed E-state index contributed by atoms with van der Waals surface area (Å²) in [6.45, 7) is 4.20. The van der Waals surface area contributed by atoms with Crippen LogP contribution in [0.25, 0.3) is 0 Å². The first-order valence-electron chi connectivity index (χ1n) is 8.53. The summed E-state index contributed by atoms with van der Waals surface area (Å²) in [7, 11) is 0. The molecule has 26 heavy (non-hydrogen) atoms. The normalized spacial score (nSPS) is 13.1. The molecule has 0 saturated carbocycles. The summed E-state index contributed by atoms with van der Waals surface area (Å²) in [5.74, 6) is -1.18. The molecular formula is C20H20N2O4. The number of phenols is 1. The van der Waals surface area contributed by atoms with E-state index in [0.29, 0.717) is 12.1 Å². The molecule has 0 fully saturated rings. The molecule has 0 bridgehead atoms. The second-order valence-electron chi connectivity index (χ2n) is 6.35. The molecule has 0 radical (unpaired) electrons. The van der Waals surface area contributed by atoms with E-state index in [-0.39, 0.29) is 34.4 Å². The zero-order valence-corrected chi connectivity index (χ0v) is 14.7. The van der Waals surface area contributed by atoms with Gasteiger partial charge in [0.1, 0.15) is 5.75 Å². The van der Waals surface area contributed by atoms with Gasteiger partial charge >= 0.3 is 0 Å². The van der Waals surface area contributed by atoms with Crippen LogP contribution in [-0.4, -0.2) is 34.3 Å². The predicted octanol–water partition coefficient (Wildman–Crippen LogP) is 3.35. The average molecular weight is 352 g/mol. The van der Waals surface area contributed by atoms with Gasteiger partial charge in [0.25, 0.3) is 17.7 Å². The number of hydrogen-bond acceptors (Lipinski definition) is 4. The number of nitrogens with one attached hydrogen (secondary N) is 1. The second-order valence-corrected chi connectivity index (χ2v) is 6.35. The van der Waals surface area contributed by atoms with E-state index in [1.165, 1.54) is 23.1 Å². The van der Waals surface area contributed by atoms with E-state index in [9.17, 15) is 19.5 Å². The summed E-state index contributed by atoms with van der Waals surface area (Å²) in [6, 6.07) is 9.37. The smallest absolute Gasteiger partial charge is 0.261 e. The lowest BCUT2D eigenvalue weighted by atomic mass is 10.1. The van der Waals surface area contributed by atoms with Crippen LogP contribution in [0.1, 0.15) is 56.4 Å². The standard InChI is InChI=1S/C20H20N2O4/c1-3-4-9-22-19(25)14-7-6-13(11-15(14)20(22)26)18(24)21-16-8-5-12(2)10-17(16)23/h5-8,10-11,23H,3-4,9H2,1-2H3,(H,21,24). The van der Waals surface area contributed by atoms with E-state index in [0.717, 1.165) is 18.4 Å². The Labute approximate surface area is 151 Å². The number of aryl methyl sites for hydroxylation is 1. The average Bonchev–Trinajstić information content (AvgIpc) is 2.86. The van der Waals surface area contributed by atoms with Crippen LogP contribution >= 0.6 is 0 Å². The van der Waals surface area contributed by atoms with Gasteiger partial charge < -0.3 is 10.4 Å². The van der Waals surface area contributed by atoms with Crippen molar-refractivity contribution >= 4 is 23.4 Å². The summed E-state index contributed by atoms with van der Waals surface area (Å²) in [5, 5.41) is 12.5. The van der Waals surface area contributed by atoms with E-state index in [1.807, 2.05) is 13.8 Å². The third-order valence-corrected chi connectivity index (χ3v) is 4.37. The zero-order valence-electron chi connectivity index (χ0n) is 14.7. The number of aromatic hydroxyl groups is 1. The van der Waals surface area contributed by atoms with E-state index in [4.69, 9.17) is 0 Å². The Bertz CT molecular complexity index is 905. The van der Waals surface area contributed by atoms with Crippen LogP contribution in [0.3, 0.4) is 0 Å². The van der Waals surface area contributed by atoms with Crippen LogP contribution in [0.5, 0.6) is 5.75 Å². The summed E-state index contributed by atoms with van der Waals surface area (Å²) >= 11 is 0. The molecule has 0 saturated heterocycles. The van der Waals surface area contributed by atoms with Gasteiger partial charge in [0.2, 0.25) is 0 Å². The molecule has 3 rings (SSSR count). The van der Waals surface area contributed by atoms with E-state index >= 15 is 0 Å². The molecular weight excluding hydrogens is 332 g/mol. The molecule has 0 atom stereocenters. The number of rotatable bonds is 5. The Hall–Kier alpha value is -3.15. The Morgan fingerprint density at radius 3 is 2.50 bits per heavy atom. The van der Waals surface area contributed by atoms with Crippen molar-refractivity contribution < 1.29 is 19.5 Å². The van der Waals surface area contributed by atoms with E-state index in [1.54, 1.807) is 18.2 Å². The molecule has 2 N–H and O–H groups in total. The van der Waals surface area contributed by atoms with Gasteiger partial charge in [0.05, 0.1) is 16.8 Å². The highest BCUT2D eigenvalue weighted by Gasteiger charge is 2.35. The maximum absolute atomic E-state index is 12.5. The third-order valence-electron chi connectivity index (χ3n) is 4.37. The maximum atomic E-state index is 12.5. The lowest BCUT2D eigenvalue weighted by Crippen LogP contribution is -2.30. The molecule has 2 aromatic rings. The first kappa shape index (κ1) is 17.7. The van der Waals surface area contributed by atoms with Crippen molar-refractivity contribution in [3.8, 4) is 5.75 Å². The SMILES string of the molecule is CCCCN1C(=O)c2ccc(C(=O)Nc3ccc(C)cc3O)cc2C1=O. The Morgan fingerprint density at radius 1 is 1.08 bits per heavy atom. The summed E-state index contributed by atoms with van der Waals surface area (Å²) in [5.41, 5.74) is 1.97. The summed E-state index contributed by atoms with van der Waals surface area (Å²) < 4.78 is 0. The number of anilines is 1. The van der Waals surface area contributed by atoms with Crippen molar-refractivity contribution in [2.75, 3.05) is 11.9 Å². The number of phenolic OH excluding ortho intramolecular Hbond substituents is 1. The Balaban J connectivity index is 1.84. The number of nitrogens with zero attached hydrogens (tertiary/aromatic N) is 1. The fraction of sp³-hybridized carbons (Fsp3) is 0.250. The van der Waals surface area contributed by atoms with Gasteiger partial charge in [-0.15, -0.1) is 0 Å². The highest BCUT2D eigenvalue weighted by atomic mass is 16.3. The molecule has 1 aliphatic heterocycles. The van der Waals surface area contributed by atoms with Crippen LogP contribution in [0.4, 0.5) is 5.69 Å². The van der Waals surface area contributed by atoms with Gasteiger partial charge in [-0.2, -0.15) is 0 Å². The van der Waals surface area contributed by atoms with Crippen LogP contribution in [-0.2, 0) is 0 Å². The number of unbranched alkanes of at least 4 members (excludes halogenated alkanes) is 1. The van der Waals surface area contributed by atoms with Gasteiger partial charge in [-0.05, 0) is 49.2 Å². The lowest BCUT2D eigenvalue weighted by molar-refractivity contribution is 0.0652. The number of fused-ring (bicyclic) bond motifs is 1. The predicted molar refractivity (Wildman–Crippen MR) is 97.5 cm³/mol. The minimum atomic E-state index is -0.459. The molecule has 1 aliphatic rings. The summed E-state index contributed by atoms with van der Waals surface area (Å²) in [4.78, 5) is 38.5. The Morgan fingerprint density at radius 2 is 1.81 bits per heavy atom. The fourth-order valence-electron chi connectivity index (χ4n) is 2.89. The molecule has 6 nitrogen and oxygen atoms in total. The van der Waals surface area contributed by atoms with Crippen molar-refractivity contribution in [1.82, 2.24) is 4.90 Å². The largest absolute Gasteiger partial charge is 0.506 e. The van der Waals surface area contributed by atoms with Gasteiger partial charge in [-0.25, -0.2) is 0 Å². The molecule has 0 unspecified atom stereocenters. The number of benzene rings is 2. The van der Waals surface area contributed by atoms with Crippen LogP contribution < -0.4 is 5.32 Å². The first-order chi connectivity index (χ1) is 12.4. The van der Waals surface area contributed by atoms with E-state index < -0.39 is 5.91 Å². The highest BCUT2D eigenvalue weighted by molar-refractivity contribution is 6.22. The molecule has 0 spiro atoms. The van der Waals surface area contributed by atoms with Crippen LogP contribution in [0, 0.1) is 6.92 Å². The number of imide groups is 1. The quantitative estimate of drug-likeness (QED) is 0.638. The first-order valence-corrected chi connectivity index (χ1v) is 8.53. The van der Waals surface area contributed by atoms with Crippen molar-refractivity contribution in [2.24, 2.45) is 0 Å². The molecule has 0 aromatic heterocycles. The second kappa shape index (κ2) is 7.00. The minimum Gasteiger partial charge on any atom is -0.506 e. The van der Waals surface area contributed by atoms with Crippen LogP contribution in [0.15, 0.2) is 36.4 Å². The van der Waals surface area contributed by atoms with Gasteiger partial charge in [0, 0.05) is 12.1 Å². The van der Waals surface area contributed by atoms with Gasteiger partial charge in [0.15, 0.2) is 0 Å². The Kier molecular flexibility index (Phi) is 4.75. The minimum absolute atomic E-state index is 0.0310. The third kappa shape index (κ3) is 3.18. The molecule has 6 heteroatoms. The van der Waals surface area contributed by atoms with Crippen molar-refractivity contribution in [3.05, 3.63) is 58.7 Å². The van der Waals surface area contributed by atoms with E-state index in [2.05, 4.69) is 5.32 Å².